The van der Waals surface area contributed by atoms with Crippen LogP contribution in [0.4, 0.5) is 14.9 Å². The first-order valence-corrected chi connectivity index (χ1v) is 12.8. The van der Waals surface area contributed by atoms with Gasteiger partial charge in [0.1, 0.15) is 19.0 Å². The normalized spacial score (nSPS) is 14.4. The number of nitrogens with zero attached hydrogens (tertiary/aromatic N) is 1. The van der Waals surface area contributed by atoms with Gasteiger partial charge in [-0.05, 0) is 65.9 Å². The lowest BCUT2D eigenvalue weighted by Crippen LogP contribution is -2.36. The third-order valence-electron chi connectivity index (χ3n) is 4.99. The van der Waals surface area contributed by atoms with Crippen LogP contribution in [0.5, 0.6) is 5.75 Å². The van der Waals surface area contributed by atoms with Crippen LogP contribution in [0, 0.1) is 5.82 Å². The van der Waals surface area contributed by atoms with E-state index in [1.165, 1.54) is 36.4 Å². The zero-order chi connectivity index (χ0) is 26.7. The molecule has 1 N–H and O–H groups in total. The number of carbonyl (C=O) groups excluding carboxylic acids is 3. The summed E-state index contributed by atoms with van der Waals surface area (Å²) in [6.45, 7) is -0.439. The molecule has 3 aromatic carbocycles. The summed E-state index contributed by atoms with van der Waals surface area (Å²) < 4.78 is 19.1. The first-order chi connectivity index (χ1) is 17.6. The number of halogens is 5. The Kier molecular flexibility index (Phi) is 8.67. The number of benzene rings is 3. The molecule has 190 valence electrons. The Morgan fingerprint density at radius 2 is 1.73 bits per heavy atom. The lowest BCUT2D eigenvalue weighted by Gasteiger charge is -2.13. The number of amides is 3. The van der Waals surface area contributed by atoms with Crippen molar-refractivity contribution in [3.8, 4) is 5.75 Å². The van der Waals surface area contributed by atoms with Crippen LogP contribution in [0.3, 0.4) is 0 Å². The topological polar surface area (TPSA) is 75.7 Å². The number of imide groups is 1. The Morgan fingerprint density at radius 1 is 1.00 bits per heavy atom. The van der Waals surface area contributed by atoms with Gasteiger partial charge in [0.15, 0.2) is 5.75 Å². The molecule has 0 saturated carbocycles. The van der Waals surface area contributed by atoms with Gasteiger partial charge in [-0.15, -0.1) is 0 Å². The van der Waals surface area contributed by atoms with Gasteiger partial charge in [0.05, 0.1) is 15.0 Å². The number of ether oxygens (including phenoxy) is 1. The van der Waals surface area contributed by atoms with Gasteiger partial charge >= 0.3 is 0 Å². The molecule has 3 aromatic rings. The summed E-state index contributed by atoms with van der Waals surface area (Å²) in [4.78, 5) is 38.3. The Morgan fingerprint density at radius 3 is 2.41 bits per heavy atom. The Bertz CT molecular complexity index is 1430. The zero-order valence-corrected chi connectivity index (χ0v) is 22.4. The molecule has 3 amide bonds. The fourth-order valence-corrected chi connectivity index (χ4v) is 5.20. The largest absolute Gasteiger partial charge is 0.486 e. The average molecular weight is 600 g/mol. The highest BCUT2D eigenvalue weighted by atomic mass is 35.5. The Hall–Kier alpha value is -2.75. The molecule has 1 heterocycles. The summed E-state index contributed by atoms with van der Waals surface area (Å²) in [6, 6.07) is 13.3. The van der Waals surface area contributed by atoms with Crippen LogP contribution in [0.1, 0.15) is 11.1 Å². The van der Waals surface area contributed by atoms with E-state index in [9.17, 15) is 18.8 Å². The maximum atomic E-state index is 13.3. The lowest BCUT2D eigenvalue weighted by molar-refractivity contribution is -0.127. The molecule has 1 saturated heterocycles. The van der Waals surface area contributed by atoms with E-state index in [4.69, 9.17) is 51.1 Å². The fraction of sp³-hybridized carbons (Fsp3) is 0.0800. The molecule has 4 rings (SSSR count). The van der Waals surface area contributed by atoms with Gasteiger partial charge in [-0.3, -0.25) is 19.3 Å². The van der Waals surface area contributed by atoms with E-state index >= 15 is 0 Å². The predicted octanol–water partition coefficient (Wildman–Crippen LogP) is 7.69. The summed E-state index contributed by atoms with van der Waals surface area (Å²) in [5.41, 5.74) is 1.33. The molecule has 0 bridgehead atoms. The molecule has 0 aromatic heterocycles. The number of carbonyl (C=O) groups is 3. The maximum absolute atomic E-state index is 13.3. The standard InChI is InChI=1S/C25H15Cl4FN2O4S/c26-15-5-4-14(18(27)9-15)12-36-23-19(28)6-13(7-20(23)29)8-21-24(34)32(25(35)37-21)11-22(33)31-17-3-1-2-16(30)10-17/h1-10H,11-12H2,(H,31,33)/b21-8+. The summed E-state index contributed by atoms with van der Waals surface area (Å²) in [7, 11) is 0. The SMILES string of the molecule is O=C(CN1C(=O)S/C(=C/c2cc(Cl)c(OCc3ccc(Cl)cc3Cl)c(Cl)c2)C1=O)Nc1cccc(F)c1. The number of hydrogen-bond acceptors (Lipinski definition) is 5. The lowest BCUT2D eigenvalue weighted by atomic mass is 10.2. The van der Waals surface area contributed by atoms with Gasteiger partial charge in [0, 0.05) is 21.3 Å². The second-order valence-electron chi connectivity index (χ2n) is 7.66. The van der Waals surface area contributed by atoms with Gasteiger partial charge < -0.3 is 10.1 Å². The highest BCUT2D eigenvalue weighted by Crippen LogP contribution is 2.38. The zero-order valence-electron chi connectivity index (χ0n) is 18.6. The van der Waals surface area contributed by atoms with Gasteiger partial charge in [-0.1, -0.05) is 58.5 Å². The number of rotatable bonds is 7. The van der Waals surface area contributed by atoms with Crippen molar-refractivity contribution in [1.29, 1.82) is 0 Å². The van der Waals surface area contributed by atoms with Crippen molar-refractivity contribution in [2.45, 2.75) is 6.61 Å². The van der Waals surface area contributed by atoms with Crippen LogP contribution in [0.25, 0.3) is 6.08 Å². The van der Waals surface area contributed by atoms with Gasteiger partial charge in [-0.25, -0.2) is 4.39 Å². The highest BCUT2D eigenvalue weighted by molar-refractivity contribution is 8.18. The minimum absolute atomic E-state index is 0.0808. The molecule has 1 aliphatic heterocycles. The molecule has 12 heteroatoms. The molecule has 0 radical (unpaired) electrons. The van der Waals surface area contributed by atoms with Crippen LogP contribution in [0.2, 0.25) is 20.1 Å². The molecule has 37 heavy (non-hydrogen) atoms. The van der Waals surface area contributed by atoms with E-state index in [1.54, 1.807) is 18.2 Å². The second kappa shape index (κ2) is 11.8. The average Bonchev–Trinajstić information content (AvgIpc) is 3.07. The smallest absolute Gasteiger partial charge is 0.294 e. The Labute approximate surface area is 235 Å². The Balaban J connectivity index is 1.44. The summed E-state index contributed by atoms with van der Waals surface area (Å²) in [5.74, 6) is -1.63. The van der Waals surface area contributed by atoms with Crippen molar-refractivity contribution in [1.82, 2.24) is 4.90 Å². The van der Waals surface area contributed by atoms with Gasteiger partial charge in [-0.2, -0.15) is 0 Å². The fourth-order valence-electron chi connectivity index (χ4n) is 3.29. The molecular weight excluding hydrogens is 585 g/mol. The first kappa shape index (κ1) is 27.3. The van der Waals surface area contributed by atoms with Crippen LogP contribution in [-0.2, 0) is 16.2 Å². The maximum Gasteiger partial charge on any atom is 0.294 e. The number of hydrogen-bond donors (Lipinski definition) is 1. The van der Waals surface area contributed by atoms with Crippen molar-refractivity contribution in [3.63, 3.8) is 0 Å². The second-order valence-corrected chi connectivity index (χ2v) is 10.3. The highest BCUT2D eigenvalue weighted by Gasteiger charge is 2.36. The number of anilines is 1. The molecule has 0 spiro atoms. The predicted molar refractivity (Wildman–Crippen MR) is 145 cm³/mol. The summed E-state index contributed by atoms with van der Waals surface area (Å²) in [5, 5.41) is 3.10. The van der Waals surface area contributed by atoms with Crippen molar-refractivity contribution < 1.29 is 23.5 Å². The van der Waals surface area contributed by atoms with Crippen molar-refractivity contribution in [2.75, 3.05) is 11.9 Å². The summed E-state index contributed by atoms with van der Waals surface area (Å²) in [6.07, 6.45) is 1.44. The van der Waals surface area contributed by atoms with E-state index in [-0.39, 0.29) is 33.0 Å². The molecule has 0 unspecified atom stereocenters. The van der Waals surface area contributed by atoms with Crippen LogP contribution in [0.15, 0.2) is 59.5 Å². The van der Waals surface area contributed by atoms with E-state index < -0.39 is 29.4 Å². The molecular formula is C25H15Cl4FN2O4S. The summed E-state index contributed by atoms with van der Waals surface area (Å²) >= 11 is 25.5. The van der Waals surface area contributed by atoms with Crippen LogP contribution >= 0.6 is 58.2 Å². The quantitative estimate of drug-likeness (QED) is 0.282. The third-order valence-corrected chi connectivity index (χ3v) is 7.05. The van der Waals surface area contributed by atoms with Crippen molar-refractivity contribution >= 4 is 87.0 Å². The molecule has 0 atom stereocenters. The minimum atomic E-state index is -0.658. The van der Waals surface area contributed by atoms with E-state index in [0.29, 0.717) is 32.9 Å². The number of thioether (sulfide) groups is 1. The molecule has 6 nitrogen and oxygen atoms in total. The van der Waals surface area contributed by atoms with E-state index in [0.717, 1.165) is 11.0 Å². The van der Waals surface area contributed by atoms with Crippen LogP contribution in [-0.4, -0.2) is 28.5 Å². The van der Waals surface area contributed by atoms with Crippen molar-refractivity contribution in [3.05, 3.63) is 96.5 Å². The molecule has 1 aliphatic rings. The van der Waals surface area contributed by atoms with E-state index in [2.05, 4.69) is 5.32 Å². The van der Waals surface area contributed by atoms with Crippen molar-refractivity contribution in [2.24, 2.45) is 0 Å². The first-order valence-electron chi connectivity index (χ1n) is 10.5. The number of nitrogens with one attached hydrogen (secondary N) is 1. The van der Waals surface area contributed by atoms with Gasteiger partial charge in [0.2, 0.25) is 5.91 Å². The van der Waals surface area contributed by atoms with Crippen LogP contribution < -0.4 is 10.1 Å². The molecule has 1 fully saturated rings. The monoisotopic (exact) mass is 598 g/mol. The third kappa shape index (κ3) is 6.77. The van der Waals surface area contributed by atoms with Gasteiger partial charge in [0.25, 0.3) is 11.1 Å². The molecule has 0 aliphatic carbocycles. The van der Waals surface area contributed by atoms with E-state index in [1.807, 2.05) is 0 Å². The minimum Gasteiger partial charge on any atom is -0.486 e.